The summed E-state index contributed by atoms with van der Waals surface area (Å²) in [6, 6.07) is 6.58. The van der Waals surface area contributed by atoms with Crippen LogP contribution in [-0.2, 0) is 13.1 Å². The van der Waals surface area contributed by atoms with Crippen molar-refractivity contribution in [3.05, 3.63) is 93.8 Å². The molecule has 0 fully saturated rings. The number of anilines is 1. The van der Waals surface area contributed by atoms with Crippen molar-refractivity contribution in [3.8, 4) is 5.75 Å². The van der Waals surface area contributed by atoms with Crippen molar-refractivity contribution in [2.75, 3.05) is 25.2 Å². The molecule has 0 saturated heterocycles. The number of carbonyl (C=O) groups excluding carboxylic acids is 2. The minimum atomic E-state index is -1.18. The van der Waals surface area contributed by atoms with Crippen molar-refractivity contribution in [3.63, 3.8) is 0 Å². The molecule has 3 aromatic carbocycles. The van der Waals surface area contributed by atoms with Gasteiger partial charge in [-0.1, -0.05) is 6.07 Å². The smallest absolute Gasteiger partial charge is 0.325 e. The second-order valence-electron chi connectivity index (χ2n) is 9.26. The predicted molar refractivity (Wildman–Crippen MR) is 135 cm³/mol. The van der Waals surface area contributed by atoms with Gasteiger partial charge in [-0.3, -0.25) is 9.69 Å². The van der Waals surface area contributed by atoms with Crippen molar-refractivity contribution in [2.24, 2.45) is 0 Å². The van der Waals surface area contributed by atoms with Crippen LogP contribution in [0, 0.1) is 29.1 Å². The van der Waals surface area contributed by atoms with Crippen molar-refractivity contribution in [2.45, 2.75) is 32.5 Å². The van der Waals surface area contributed by atoms with Gasteiger partial charge in [0, 0.05) is 61.5 Å². The molecule has 0 spiro atoms. The zero-order valence-corrected chi connectivity index (χ0v) is 21.6. The van der Waals surface area contributed by atoms with Gasteiger partial charge in [0.2, 0.25) is 0 Å². The molecule has 212 valence electrons. The average Bonchev–Trinajstić information content (AvgIpc) is 2.91. The van der Waals surface area contributed by atoms with Crippen LogP contribution in [-0.4, -0.2) is 42.2 Å². The van der Waals surface area contributed by atoms with Gasteiger partial charge in [-0.2, -0.15) is 0 Å². The first kappa shape index (κ1) is 28.8. The van der Waals surface area contributed by atoms with Gasteiger partial charge < -0.3 is 20.1 Å². The summed E-state index contributed by atoms with van der Waals surface area (Å²) in [6.07, 6.45) is 0.278. The normalized spacial score (nSPS) is 14.8. The molecule has 1 aliphatic heterocycles. The van der Waals surface area contributed by atoms with Crippen LogP contribution in [0.4, 0.5) is 32.4 Å². The molecular weight excluding hydrogens is 537 g/mol. The number of fused-ring (bicyclic) bond motifs is 1. The van der Waals surface area contributed by atoms with Gasteiger partial charge in [0.25, 0.3) is 5.91 Å². The Hall–Kier alpha value is -4.19. The standard InChI is InChI=1S/C28H26F5N3O4/c1-15-20-5-4-16(27(38)34-13-21-22(30)10-18(29)11-23(21)31)9-25(20)36(28(39)35(15)2)14-17-8-19(40-7-3-6-37)12-24(32)26(17)33/h4-5,8-12,15,37H,3,6-7,13-14H2,1-2H3,(H,34,38)/t15-/m0/s1. The lowest BCUT2D eigenvalue weighted by Crippen LogP contribution is -2.46. The maximum absolute atomic E-state index is 14.8. The number of nitrogens with one attached hydrogen (secondary N) is 1. The molecule has 0 radical (unpaired) electrons. The minimum Gasteiger partial charge on any atom is -0.493 e. The van der Waals surface area contributed by atoms with E-state index in [9.17, 15) is 31.5 Å². The van der Waals surface area contributed by atoms with E-state index < -0.39 is 65.7 Å². The number of hydrogen-bond donors (Lipinski definition) is 2. The number of benzene rings is 3. The fourth-order valence-electron chi connectivity index (χ4n) is 4.35. The summed E-state index contributed by atoms with van der Waals surface area (Å²) in [5, 5.41) is 11.3. The lowest BCUT2D eigenvalue weighted by molar-refractivity contribution is 0.0950. The maximum atomic E-state index is 14.8. The van der Waals surface area contributed by atoms with Crippen molar-refractivity contribution in [1.29, 1.82) is 0 Å². The first-order valence-corrected chi connectivity index (χ1v) is 12.3. The van der Waals surface area contributed by atoms with Crippen molar-refractivity contribution >= 4 is 17.6 Å². The monoisotopic (exact) mass is 563 g/mol. The third kappa shape index (κ3) is 5.86. The molecule has 12 heteroatoms. The van der Waals surface area contributed by atoms with Crippen LogP contribution in [0.25, 0.3) is 0 Å². The van der Waals surface area contributed by atoms with Crippen LogP contribution in [0.5, 0.6) is 5.75 Å². The van der Waals surface area contributed by atoms with Crippen molar-refractivity contribution in [1.82, 2.24) is 10.2 Å². The van der Waals surface area contributed by atoms with Crippen LogP contribution in [0.15, 0.2) is 42.5 Å². The van der Waals surface area contributed by atoms with Crippen LogP contribution in [0.1, 0.15) is 46.4 Å². The Labute approximate surface area is 226 Å². The topological polar surface area (TPSA) is 82.1 Å². The summed E-state index contributed by atoms with van der Waals surface area (Å²) < 4.78 is 75.7. The van der Waals surface area contributed by atoms with Gasteiger partial charge in [-0.15, -0.1) is 0 Å². The SMILES string of the molecule is C[C@H]1c2ccc(C(=O)NCc3c(F)cc(F)cc3F)cc2N(Cc2cc(OCCCO)cc(F)c2F)C(=O)N1C. The van der Waals surface area contributed by atoms with Crippen LogP contribution >= 0.6 is 0 Å². The average molecular weight is 564 g/mol. The number of aliphatic hydroxyl groups is 1. The van der Waals surface area contributed by atoms with E-state index in [0.29, 0.717) is 17.7 Å². The lowest BCUT2D eigenvalue weighted by atomic mass is 9.98. The molecule has 0 aromatic heterocycles. The molecule has 0 unspecified atom stereocenters. The summed E-state index contributed by atoms with van der Waals surface area (Å²) >= 11 is 0. The zero-order chi connectivity index (χ0) is 29.1. The van der Waals surface area contributed by atoms with Gasteiger partial charge >= 0.3 is 6.03 Å². The molecule has 3 aromatic rings. The molecule has 1 aliphatic rings. The lowest BCUT2D eigenvalue weighted by Gasteiger charge is -2.39. The van der Waals surface area contributed by atoms with E-state index in [-0.39, 0.29) is 42.2 Å². The number of hydrogen-bond acceptors (Lipinski definition) is 4. The number of ether oxygens (including phenoxy) is 1. The third-order valence-electron chi connectivity index (χ3n) is 6.66. The predicted octanol–water partition coefficient (Wildman–Crippen LogP) is 5.21. The van der Waals surface area contributed by atoms with Gasteiger partial charge in [-0.05, 0) is 30.7 Å². The van der Waals surface area contributed by atoms with E-state index in [1.807, 2.05) is 0 Å². The first-order valence-electron chi connectivity index (χ1n) is 12.3. The maximum Gasteiger partial charge on any atom is 0.325 e. The Morgan fingerprint density at radius 2 is 1.73 bits per heavy atom. The quantitative estimate of drug-likeness (QED) is 0.277. The fourth-order valence-corrected chi connectivity index (χ4v) is 4.35. The highest BCUT2D eigenvalue weighted by atomic mass is 19.2. The van der Waals surface area contributed by atoms with Gasteiger partial charge in [0.15, 0.2) is 11.6 Å². The number of urea groups is 1. The summed E-state index contributed by atoms with van der Waals surface area (Å²) in [5.74, 6) is -6.49. The highest BCUT2D eigenvalue weighted by Gasteiger charge is 2.34. The van der Waals surface area contributed by atoms with E-state index in [1.165, 1.54) is 28.0 Å². The molecule has 0 aliphatic carbocycles. The number of rotatable bonds is 9. The van der Waals surface area contributed by atoms with Gasteiger partial charge in [-0.25, -0.2) is 26.7 Å². The molecule has 2 N–H and O–H groups in total. The Morgan fingerprint density at radius 3 is 2.40 bits per heavy atom. The van der Waals surface area contributed by atoms with Crippen molar-refractivity contribution < 1.29 is 41.4 Å². The van der Waals surface area contributed by atoms with E-state index in [2.05, 4.69) is 5.32 Å². The minimum absolute atomic E-state index is 0.0159. The van der Waals surface area contributed by atoms with E-state index >= 15 is 0 Å². The highest BCUT2D eigenvalue weighted by Crippen LogP contribution is 2.38. The van der Waals surface area contributed by atoms with Crippen LogP contribution in [0.2, 0.25) is 0 Å². The zero-order valence-electron chi connectivity index (χ0n) is 21.6. The summed E-state index contributed by atoms with van der Waals surface area (Å²) in [5.41, 5.74) is 0.194. The van der Waals surface area contributed by atoms with E-state index in [0.717, 1.165) is 6.07 Å². The number of nitrogens with zero attached hydrogens (tertiary/aromatic N) is 2. The summed E-state index contributed by atoms with van der Waals surface area (Å²) in [4.78, 5) is 28.7. The molecule has 0 bridgehead atoms. The number of amides is 3. The molecule has 7 nitrogen and oxygen atoms in total. The van der Waals surface area contributed by atoms with E-state index in [4.69, 9.17) is 9.84 Å². The Bertz CT molecular complexity index is 1430. The number of carbonyl (C=O) groups is 2. The molecule has 0 saturated carbocycles. The van der Waals surface area contributed by atoms with Crippen LogP contribution < -0.4 is 15.0 Å². The Kier molecular flexibility index (Phi) is 8.58. The summed E-state index contributed by atoms with van der Waals surface area (Å²) in [6.45, 7) is 0.702. The molecule has 3 amide bonds. The van der Waals surface area contributed by atoms with E-state index in [1.54, 1.807) is 20.0 Å². The fraction of sp³-hybridized carbons (Fsp3) is 0.286. The molecule has 1 atom stereocenters. The highest BCUT2D eigenvalue weighted by molar-refractivity contribution is 5.99. The second kappa shape index (κ2) is 11.9. The second-order valence-corrected chi connectivity index (χ2v) is 9.26. The van der Waals surface area contributed by atoms with Gasteiger partial charge in [0.05, 0.1) is 24.9 Å². The van der Waals surface area contributed by atoms with Gasteiger partial charge in [0.1, 0.15) is 23.2 Å². The molecule has 1 heterocycles. The largest absolute Gasteiger partial charge is 0.493 e. The first-order chi connectivity index (χ1) is 19.0. The van der Waals surface area contributed by atoms with Crippen LogP contribution in [0.3, 0.4) is 0 Å². The molecular formula is C28H26F5N3O4. The Morgan fingerprint density at radius 1 is 1.02 bits per heavy atom. The number of halogens is 5. The Balaban J connectivity index is 1.64. The number of aliphatic hydroxyl groups excluding tert-OH is 1. The molecule has 40 heavy (non-hydrogen) atoms. The summed E-state index contributed by atoms with van der Waals surface area (Å²) in [7, 11) is 1.54. The third-order valence-corrected chi connectivity index (χ3v) is 6.66. The molecule has 4 rings (SSSR count).